The van der Waals surface area contributed by atoms with Gasteiger partial charge in [-0.15, -0.1) is 0 Å². The second-order valence-electron chi connectivity index (χ2n) is 4.24. The summed E-state index contributed by atoms with van der Waals surface area (Å²) in [5, 5.41) is 3.87. The first kappa shape index (κ1) is 10.3. The average molecular weight is 236 g/mol. The van der Waals surface area contributed by atoms with Crippen molar-refractivity contribution in [1.29, 1.82) is 0 Å². The molecule has 1 fully saturated rings. The quantitative estimate of drug-likeness (QED) is 0.871. The fourth-order valence-corrected chi connectivity index (χ4v) is 1.94. The van der Waals surface area contributed by atoms with E-state index in [0.29, 0.717) is 22.7 Å². The van der Waals surface area contributed by atoms with Gasteiger partial charge in [-0.3, -0.25) is 0 Å². The van der Waals surface area contributed by atoms with Gasteiger partial charge in [-0.1, -0.05) is 5.16 Å². The minimum absolute atomic E-state index is 0.108. The predicted molar refractivity (Wildman–Crippen MR) is 58.2 cm³/mol. The van der Waals surface area contributed by atoms with Gasteiger partial charge in [-0.2, -0.15) is 0 Å². The van der Waals surface area contributed by atoms with E-state index in [1.54, 1.807) is 0 Å². The summed E-state index contributed by atoms with van der Waals surface area (Å²) >= 11 is 0. The number of benzene rings is 1. The zero-order valence-electron chi connectivity index (χ0n) is 8.91. The first-order chi connectivity index (χ1) is 8.15. The molecule has 1 aromatic heterocycles. The minimum atomic E-state index is -0.637. The van der Waals surface area contributed by atoms with E-state index in [1.165, 1.54) is 12.1 Å². The van der Waals surface area contributed by atoms with Gasteiger partial charge in [0.25, 0.3) is 0 Å². The van der Waals surface area contributed by atoms with Crippen LogP contribution in [0.25, 0.3) is 11.1 Å². The first-order valence-corrected chi connectivity index (χ1v) is 5.36. The molecule has 3 rings (SSSR count). The third-order valence-corrected chi connectivity index (χ3v) is 2.86. The zero-order chi connectivity index (χ0) is 12.0. The third-order valence-electron chi connectivity index (χ3n) is 2.86. The lowest BCUT2D eigenvalue weighted by Crippen LogP contribution is -1.91. The molecule has 5 heteroatoms. The molecule has 2 N–H and O–H groups in total. The second kappa shape index (κ2) is 3.55. The van der Waals surface area contributed by atoms with Crippen LogP contribution in [-0.2, 0) is 0 Å². The van der Waals surface area contributed by atoms with E-state index in [2.05, 4.69) is 5.16 Å². The molecule has 1 aliphatic carbocycles. The lowest BCUT2D eigenvalue weighted by Gasteiger charge is -2.02. The Labute approximate surface area is 96.2 Å². The van der Waals surface area contributed by atoms with Crippen molar-refractivity contribution in [2.75, 3.05) is 5.73 Å². The second-order valence-corrected chi connectivity index (χ2v) is 4.24. The van der Waals surface area contributed by atoms with Gasteiger partial charge in [0, 0.05) is 12.0 Å². The number of rotatable bonds is 2. The zero-order valence-corrected chi connectivity index (χ0v) is 8.91. The van der Waals surface area contributed by atoms with Gasteiger partial charge in [0.1, 0.15) is 11.6 Å². The molecule has 1 aromatic carbocycles. The summed E-state index contributed by atoms with van der Waals surface area (Å²) in [5.41, 5.74) is 7.26. The summed E-state index contributed by atoms with van der Waals surface area (Å²) in [6, 6.07) is 3.29. The Balaban J connectivity index is 2.16. The molecule has 3 nitrogen and oxygen atoms in total. The Morgan fingerprint density at radius 3 is 2.41 bits per heavy atom. The van der Waals surface area contributed by atoms with Crippen LogP contribution in [0.5, 0.6) is 0 Å². The minimum Gasteiger partial charge on any atom is -0.367 e. The van der Waals surface area contributed by atoms with Crippen molar-refractivity contribution < 1.29 is 13.3 Å². The van der Waals surface area contributed by atoms with E-state index in [4.69, 9.17) is 10.3 Å². The molecule has 1 aliphatic rings. The molecular weight excluding hydrogens is 226 g/mol. The van der Waals surface area contributed by atoms with Gasteiger partial charge >= 0.3 is 0 Å². The van der Waals surface area contributed by atoms with Gasteiger partial charge in [0.2, 0.25) is 5.88 Å². The summed E-state index contributed by atoms with van der Waals surface area (Å²) in [6.07, 6.45) is 2.02. The molecule has 0 bridgehead atoms. The number of nitrogen functional groups attached to an aromatic ring is 1. The SMILES string of the molecule is Nc1onc(C2CC2)c1-c1cc(F)cc(F)c1. The molecule has 1 saturated carbocycles. The summed E-state index contributed by atoms with van der Waals surface area (Å²) in [7, 11) is 0. The normalized spacial score (nSPS) is 15.2. The number of aromatic nitrogens is 1. The lowest BCUT2D eigenvalue weighted by atomic mass is 10.0. The van der Waals surface area contributed by atoms with Crippen LogP contribution in [0, 0.1) is 11.6 Å². The Morgan fingerprint density at radius 2 is 1.82 bits per heavy atom. The largest absolute Gasteiger partial charge is 0.367 e. The summed E-state index contributed by atoms with van der Waals surface area (Å²) in [5.74, 6) is -0.862. The van der Waals surface area contributed by atoms with Crippen molar-refractivity contribution >= 4 is 5.88 Å². The molecule has 88 valence electrons. The van der Waals surface area contributed by atoms with Crippen LogP contribution in [-0.4, -0.2) is 5.16 Å². The Morgan fingerprint density at radius 1 is 1.18 bits per heavy atom. The Bertz CT molecular complexity index is 556. The van der Waals surface area contributed by atoms with Crippen molar-refractivity contribution in [2.24, 2.45) is 0 Å². The van der Waals surface area contributed by atoms with Gasteiger partial charge in [0.05, 0.1) is 11.3 Å². The van der Waals surface area contributed by atoms with Gasteiger partial charge in [0.15, 0.2) is 0 Å². The first-order valence-electron chi connectivity index (χ1n) is 5.36. The summed E-state index contributed by atoms with van der Waals surface area (Å²) in [4.78, 5) is 0. The molecule has 0 aliphatic heterocycles. The molecule has 0 saturated heterocycles. The van der Waals surface area contributed by atoms with E-state index in [0.717, 1.165) is 18.9 Å². The van der Waals surface area contributed by atoms with Crippen LogP contribution in [0.3, 0.4) is 0 Å². The average Bonchev–Trinajstić information content (AvgIpc) is 3.01. The van der Waals surface area contributed by atoms with Crippen LogP contribution in [0.15, 0.2) is 22.7 Å². The van der Waals surface area contributed by atoms with Gasteiger partial charge in [-0.25, -0.2) is 8.78 Å². The highest BCUT2D eigenvalue weighted by Crippen LogP contribution is 2.45. The fourth-order valence-electron chi connectivity index (χ4n) is 1.94. The van der Waals surface area contributed by atoms with Crippen LogP contribution in [0.1, 0.15) is 24.5 Å². The summed E-state index contributed by atoms with van der Waals surface area (Å²) < 4.78 is 31.3. The van der Waals surface area contributed by atoms with Crippen molar-refractivity contribution in [1.82, 2.24) is 5.16 Å². The van der Waals surface area contributed by atoms with Crippen molar-refractivity contribution in [2.45, 2.75) is 18.8 Å². The number of hydrogen-bond donors (Lipinski definition) is 1. The topological polar surface area (TPSA) is 52.0 Å². The van der Waals surface area contributed by atoms with Crippen LogP contribution in [0.4, 0.5) is 14.7 Å². The van der Waals surface area contributed by atoms with E-state index < -0.39 is 11.6 Å². The maximum atomic E-state index is 13.2. The molecule has 1 heterocycles. The molecule has 0 atom stereocenters. The number of hydrogen-bond acceptors (Lipinski definition) is 3. The molecule has 2 aromatic rings. The smallest absolute Gasteiger partial charge is 0.230 e. The van der Waals surface area contributed by atoms with Gasteiger partial charge in [-0.05, 0) is 30.5 Å². The van der Waals surface area contributed by atoms with E-state index in [9.17, 15) is 8.78 Å². The highest BCUT2D eigenvalue weighted by atomic mass is 19.1. The third kappa shape index (κ3) is 1.77. The van der Waals surface area contributed by atoms with Crippen LogP contribution in [0.2, 0.25) is 0 Å². The maximum absolute atomic E-state index is 13.2. The van der Waals surface area contributed by atoms with E-state index in [-0.39, 0.29) is 5.88 Å². The Kier molecular flexibility index (Phi) is 2.14. The van der Waals surface area contributed by atoms with Crippen LogP contribution < -0.4 is 5.73 Å². The molecule has 0 unspecified atom stereocenters. The predicted octanol–water partition coefficient (Wildman–Crippen LogP) is 3.08. The number of anilines is 1. The van der Waals surface area contributed by atoms with E-state index in [1.807, 2.05) is 0 Å². The number of halogens is 2. The molecular formula is C12H10F2N2O. The summed E-state index contributed by atoms with van der Waals surface area (Å²) in [6.45, 7) is 0. The van der Waals surface area contributed by atoms with Crippen molar-refractivity contribution in [3.8, 4) is 11.1 Å². The standard InChI is InChI=1S/C12H10F2N2O/c13-8-3-7(4-9(14)5-8)10-11(6-1-2-6)16-17-12(10)15/h3-6H,1-2,15H2. The Hall–Kier alpha value is -1.91. The van der Waals surface area contributed by atoms with E-state index >= 15 is 0 Å². The number of nitrogens with zero attached hydrogens (tertiary/aromatic N) is 1. The van der Waals surface area contributed by atoms with Crippen molar-refractivity contribution in [3.05, 3.63) is 35.5 Å². The van der Waals surface area contributed by atoms with Crippen molar-refractivity contribution in [3.63, 3.8) is 0 Å². The maximum Gasteiger partial charge on any atom is 0.230 e. The molecule has 0 amide bonds. The molecule has 17 heavy (non-hydrogen) atoms. The van der Waals surface area contributed by atoms with Crippen LogP contribution >= 0.6 is 0 Å². The molecule has 0 radical (unpaired) electrons. The monoisotopic (exact) mass is 236 g/mol. The highest BCUT2D eigenvalue weighted by molar-refractivity contribution is 5.76. The van der Waals surface area contributed by atoms with Gasteiger partial charge < -0.3 is 10.3 Å². The fraction of sp³-hybridized carbons (Fsp3) is 0.250. The lowest BCUT2D eigenvalue weighted by molar-refractivity contribution is 0.428. The highest BCUT2D eigenvalue weighted by Gasteiger charge is 2.31. The number of nitrogens with two attached hydrogens (primary N) is 1. The molecule has 0 spiro atoms.